The van der Waals surface area contributed by atoms with Crippen molar-refractivity contribution in [3.05, 3.63) is 35.7 Å². The van der Waals surface area contributed by atoms with Crippen LogP contribution in [0.2, 0.25) is 0 Å². The van der Waals surface area contributed by atoms with Crippen LogP contribution in [0.5, 0.6) is 0 Å². The maximum atomic E-state index is 12.6. The van der Waals surface area contributed by atoms with Crippen LogP contribution in [-0.4, -0.2) is 40.8 Å². The Morgan fingerprint density at radius 2 is 2.00 bits per heavy atom. The number of hydrogen-bond acceptors (Lipinski definition) is 5. The molecule has 1 aliphatic heterocycles. The molecule has 1 saturated heterocycles. The maximum Gasteiger partial charge on any atom is 0.416 e. The van der Waals surface area contributed by atoms with Gasteiger partial charge in [-0.05, 0) is 19.1 Å². The average molecular weight is 327 g/mol. The Morgan fingerprint density at radius 3 is 2.65 bits per heavy atom. The molecule has 2 heterocycles. The third kappa shape index (κ3) is 3.89. The third-order valence-corrected chi connectivity index (χ3v) is 3.62. The van der Waals surface area contributed by atoms with Gasteiger partial charge in [-0.25, -0.2) is 0 Å². The van der Waals surface area contributed by atoms with E-state index in [-0.39, 0.29) is 11.9 Å². The normalized spacial score (nSPS) is 19.9. The fourth-order valence-electron chi connectivity index (χ4n) is 2.47. The fraction of sp³-hybridized carbons (Fsp3) is 0.467. The van der Waals surface area contributed by atoms with Crippen LogP contribution in [0.1, 0.15) is 18.4 Å². The molecule has 8 heteroatoms. The van der Waals surface area contributed by atoms with E-state index in [0.29, 0.717) is 24.6 Å². The minimum atomic E-state index is -4.35. The second-order valence-corrected chi connectivity index (χ2v) is 5.50. The van der Waals surface area contributed by atoms with Gasteiger partial charge in [0.25, 0.3) is 0 Å². The number of aromatic nitrogens is 2. The Morgan fingerprint density at radius 1 is 1.26 bits per heavy atom. The van der Waals surface area contributed by atoms with Gasteiger partial charge < -0.3 is 9.26 Å². The van der Waals surface area contributed by atoms with Crippen molar-refractivity contribution < 1.29 is 22.4 Å². The molecule has 23 heavy (non-hydrogen) atoms. The summed E-state index contributed by atoms with van der Waals surface area (Å²) in [6, 6.07) is 4.70. The molecule has 1 fully saturated rings. The lowest BCUT2D eigenvalue weighted by atomic mass is 10.1. The van der Waals surface area contributed by atoms with Gasteiger partial charge in [0.2, 0.25) is 11.7 Å². The zero-order valence-corrected chi connectivity index (χ0v) is 12.5. The summed E-state index contributed by atoms with van der Waals surface area (Å²) < 4.78 is 48.3. The molecule has 3 rings (SSSR count). The molecule has 1 aromatic carbocycles. The minimum Gasteiger partial charge on any atom is -0.376 e. The molecule has 1 atom stereocenters. The van der Waals surface area contributed by atoms with Crippen LogP contribution in [0.25, 0.3) is 11.4 Å². The fourth-order valence-corrected chi connectivity index (χ4v) is 2.47. The van der Waals surface area contributed by atoms with Crippen LogP contribution < -0.4 is 0 Å². The first-order chi connectivity index (χ1) is 10.9. The number of nitrogens with zero attached hydrogens (tertiary/aromatic N) is 3. The van der Waals surface area contributed by atoms with Crippen LogP contribution in [0.4, 0.5) is 13.2 Å². The lowest BCUT2D eigenvalue weighted by molar-refractivity contribution is -0.137. The van der Waals surface area contributed by atoms with E-state index in [1.165, 1.54) is 12.1 Å². The summed E-state index contributed by atoms with van der Waals surface area (Å²) in [7, 11) is 0. The van der Waals surface area contributed by atoms with Gasteiger partial charge in [0.15, 0.2) is 0 Å². The van der Waals surface area contributed by atoms with Crippen molar-refractivity contribution in [2.45, 2.75) is 25.7 Å². The summed E-state index contributed by atoms with van der Waals surface area (Å²) in [6.07, 6.45) is -4.20. The highest BCUT2D eigenvalue weighted by Crippen LogP contribution is 2.30. The van der Waals surface area contributed by atoms with Crippen LogP contribution >= 0.6 is 0 Å². The topological polar surface area (TPSA) is 51.4 Å². The van der Waals surface area contributed by atoms with Gasteiger partial charge in [-0.1, -0.05) is 17.3 Å². The predicted molar refractivity (Wildman–Crippen MR) is 75.4 cm³/mol. The zero-order valence-electron chi connectivity index (χ0n) is 12.5. The predicted octanol–water partition coefficient (Wildman–Crippen LogP) is 2.98. The van der Waals surface area contributed by atoms with Gasteiger partial charge in [-0.3, -0.25) is 4.90 Å². The minimum absolute atomic E-state index is 0.154. The molecular weight excluding hydrogens is 311 g/mol. The Labute approximate surface area is 131 Å². The molecule has 1 aliphatic rings. The standard InChI is InChI=1S/C15H16F3N3O2/c1-10-8-21(6-7-22-10)9-13-19-14(20-23-13)11-2-4-12(5-3-11)15(16,17)18/h2-5,10H,6-9H2,1H3. The largest absolute Gasteiger partial charge is 0.416 e. The maximum absolute atomic E-state index is 12.6. The molecular formula is C15H16F3N3O2. The molecule has 0 aliphatic carbocycles. The van der Waals surface area contributed by atoms with E-state index in [1.807, 2.05) is 6.92 Å². The number of alkyl halides is 3. The van der Waals surface area contributed by atoms with Crippen LogP contribution in [0, 0.1) is 0 Å². The van der Waals surface area contributed by atoms with Crippen molar-refractivity contribution in [1.29, 1.82) is 0 Å². The summed E-state index contributed by atoms with van der Waals surface area (Å²) in [6.45, 7) is 4.70. The number of hydrogen-bond donors (Lipinski definition) is 0. The molecule has 1 aromatic heterocycles. The lowest BCUT2D eigenvalue weighted by Gasteiger charge is -2.29. The lowest BCUT2D eigenvalue weighted by Crippen LogP contribution is -2.40. The van der Waals surface area contributed by atoms with E-state index in [1.54, 1.807) is 0 Å². The molecule has 0 bridgehead atoms. The number of halogens is 3. The van der Waals surface area contributed by atoms with E-state index in [4.69, 9.17) is 9.26 Å². The number of ether oxygens (including phenoxy) is 1. The first-order valence-corrected chi connectivity index (χ1v) is 7.26. The van der Waals surface area contributed by atoms with Gasteiger partial charge in [0, 0.05) is 18.7 Å². The third-order valence-electron chi connectivity index (χ3n) is 3.62. The number of morpholine rings is 1. The first kappa shape index (κ1) is 15.9. The van der Waals surface area contributed by atoms with Crippen molar-refractivity contribution >= 4 is 0 Å². The molecule has 2 aromatic rings. The first-order valence-electron chi connectivity index (χ1n) is 7.26. The Kier molecular flexibility index (Phi) is 4.36. The Bertz CT molecular complexity index is 655. The van der Waals surface area contributed by atoms with E-state index < -0.39 is 11.7 Å². The zero-order chi connectivity index (χ0) is 16.4. The molecule has 0 saturated carbocycles. The van der Waals surface area contributed by atoms with Crippen molar-refractivity contribution in [3.8, 4) is 11.4 Å². The SMILES string of the molecule is CC1CN(Cc2nc(-c3ccc(C(F)(F)F)cc3)no2)CCO1. The summed E-state index contributed by atoms with van der Waals surface area (Å²) in [4.78, 5) is 6.39. The Hall–Kier alpha value is -1.93. The van der Waals surface area contributed by atoms with E-state index >= 15 is 0 Å². The number of benzene rings is 1. The van der Waals surface area contributed by atoms with Gasteiger partial charge in [0.05, 0.1) is 24.8 Å². The molecule has 124 valence electrons. The monoisotopic (exact) mass is 327 g/mol. The van der Waals surface area contributed by atoms with E-state index in [2.05, 4.69) is 15.0 Å². The molecule has 1 unspecified atom stereocenters. The van der Waals surface area contributed by atoms with Gasteiger partial charge in [-0.15, -0.1) is 0 Å². The highest BCUT2D eigenvalue weighted by molar-refractivity contribution is 5.54. The summed E-state index contributed by atoms with van der Waals surface area (Å²) in [5.41, 5.74) is -0.212. The van der Waals surface area contributed by atoms with Gasteiger partial charge in [0.1, 0.15) is 0 Å². The molecule has 0 N–H and O–H groups in total. The second-order valence-electron chi connectivity index (χ2n) is 5.50. The summed E-state index contributed by atoms with van der Waals surface area (Å²) in [5.74, 6) is 0.726. The van der Waals surface area contributed by atoms with E-state index in [9.17, 15) is 13.2 Å². The van der Waals surface area contributed by atoms with Crippen molar-refractivity contribution in [3.63, 3.8) is 0 Å². The molecule has 5 nitrogen and oxygen atoms in total. The highest BCUT2D eigenvalue weighted by atomic mass is 19.4. The second kappa shape index (κ2) is 6.29. The summed E-state index contributed by atoms with van der Waals surface area (Å²) >= 11 is 0. The summed E-state index contributed by atoms with van der Waals surface area (Å²) in [5, 5.41) is 3.84. The van der Waals surface area contributed by atoms with Crippen molar-refractivity contribution in [1.82, 2.24) is 15.0 Å². The van der Waals surface area contributed by atoms with Crippen molar-refractivity contribution in [2.75, 3.05) is 19.7 Å². The van der Waals surface area contributed by atoms with Crippen LogP contribution in [0.15, 0.2) is 28.8 Å². The number of rotatable bonds is 3. The molecule has 0 radical (unpaired) electrons. The highest BCUT2D eigenvalue weighted by Gasteiger charge is 2.30. The van der Waals surface area contributed by atoms with Crippen molar-refractivity contribution in [2.24, 2.45) is 0 Å². The smallest absolute Gasteiger partial charge is 0.376 e. The van der Waals surface area contributed by atoms with Gasteiger partial charge >= 0.3 is 6.18 Å². The van der Waals surface area contributed by atoms with E-state index in [0.717, 1.165) is 25.2 Å². The average Bonchev–Trinajstić information content (AvgIpc) is 2.95. The Balaban J connectivity index is 1.69. The van der Waals surface area contributed by atoms with Gasteiger partial charge in [-0.2, -0.15) is 18.2 Å². The molecule has 0 spiro atoms. The van der Waals surface area contributed by atoms with Crippen LogP contribution in [0.3, 0.4) is 0 Å². The molecule has 0 amide bonds. The quantitative estimate of drug-likeness (QED) is 0.867. The van der Waals surface area contributed by atoms with Crippen LogP contribution in [-0.2, 0) is 17.5 Å².